The number of aromatic nitrogens is 3. The highest BCUT2D eigenvalue weighted by atomic mass is 16.3. The molecule has 2 aromatic rings. The molecule has 0 spiro atoms. The molecule has 0 aliphatic rings. The molecule has 4 nitrogen and oxygen atoms in total. The summed E-state index contributed by atoms with van der Waals surface area (Å²) in [5.74, 6) is 1.12. The summed E-state index contributed by atoms with van der Waals surface area (Å²) in [6.45, 7) is 1.89. The summed E-state index contributed by atoms with van der Waals surface area (Å²) in [6.07, 6.45) is 0. The van der Waals surface area contributed by atoms with Crippen molar-refractivity contribution in [3.8, 4) is 11.4 Å². The highest BCUT2D eigenvalue weighted by Gasteiger charge is 2.06. The van der Waals surface area contributed by atoms with Crippen LogP contribution in [0.3, 0.4) is 0 Å². The fourth-order valence-corrected chi connectivity index (χ4v) is 1.31. The van der Waals surface area contributed by atoms with E-state index in [2.05, 4.69) is 15.2 Å². The van der Waals surface area contributed by atoms with Gasteiger partial charge in [-0.1, -0.05) is 24.3 Å². The van der Waals surface area contributed by atoms with Crippen LogP contribution in [0.4, 0.5) is 0 Å². The van der Waals surface area contributed by atoms with E-state index in [-0.39, 0.29) is 6.61 Å². The molecule has 2 N–H and O–H groups in total. The minimum atomic E-state index is -0.112. The van der Waals surface area contributed by atoms with Gasteiger partial charge >= 0.3 is 0 Å². The summed E-state index contributed by atoms with van der Waals surface area (Å²) in [5, 5.41) is 15.5. The van der Waals surface area contributed by atoms with E-state index in [9.17, 15) is 0 Å². The first-order chi connectivity index (χ1) is 6.81. The predicted octanol–water partition coefficient (Wildman–Crippen LogP) is 1.27. The summed E-state index contributed by atoms with van der Waals surface area (Å²) in [4.78, 5) is 4.14. The molecular weight excluding hydrogens is 178 g/mol. The molecule has 0 saturated heterocycles. The van der Waals surface area contributed by atoms with Crippen molar-refractivity contribution in [3.63, 3.8) is 0 Å². The number of rotatable bonds is 2. The van der Waals surface area contributed by atoms with Crippen LogP contribution in [0.5, 0.6) is 0 Å². The van der Waals surface area contributed by atoms with Gasteiger partial charge in [-0.3, -0.25) is 5.10 Å². The number of aryl methyl sites for hydroxylation is 1. The summed E-state index contributed by atoms with van der Waals surface area (Å²) in [6, 6.07) is 7.87. The van der Waals surface area contributed by atoms with Crippen molar-refractivity contribution in [2.75, 3.05) is 0 Å². The average Bonchev–Trinajstić information content (AvgIpc) is 2.67. The van der Waals surface area contributed by atoms with Gasteiger partial charge in [0.1, 0.15) is 6.61 Å². The maximum Gasteiger partial charge on any atom is 0.181 e. The molecule has 1 aromatic heterocycles. The third-order valence-corrected chi connectivity index (χ3v) is 2.07. The number of nitrogens with zero attached hydrogens (tertiary/aromatic N) is 2. The fraction of sp³-hybridized carbons (Fsp3) is 0.200. The van der Waals surface area contributed by atoms with Gasteiger partial charge in [0.25, 0.3) is 0 Å². The maximum atomic E-state index is 8.83. The Bertz CT molecular complexity index is 436. The van der Waals surface area contributed by atoms with Gasteiger partial charge in [0, 0.05) is 5.56 Å². The molecule has 4 heteroatoms. The molecular formula is C10H11N3O. The van der Waals surface area contributed by atoms with Gasteiger partial charge in [-0.05, 0) is 12.5 Å². The van der Waals surface area contributed by atoms with E-state index in [1.807, 2.05) is 31.2 Å². The molecule has 0 aliphatic heterocycles. The van der Waals surface area contributed by atoms with E-state index >= 15 is 0 Å². The van der Waals surface area contributed by atoms with Crippen LogP contribution in [0.15, 0.2) is 24.3 Å². The fourth-order valence-electron chi connectivity index (χ4n) is 1.31. The Hall–Kier alpha value is -1.68. The number of hydrogen-bond acceptors (Lipinski definition) is 3. The van der Waals surface area contributed by atoms with Crippen molar-refractivity contribution in [3.05, 3.63) is 35.7 Å². The second kappa shape index (κ2) is 3.59. The second-order valence-electron chi connectivity index (χ2n) is 3.08. The van der Waals surface area contributed by atoms with Gasteiger partial charge in [0.2, 0.25) is 0 Å². The predicted molar refractivity (Wildman–Crippen MR) is 52.5 cm³/mol. The van der Waals surface area contributed by atoms with Crippen LogP contribution in [-0.4, -0.2) is 20.3 Å². The van der Waals surface area contributed by atoms with Crippen molar-refractivity contribution in [2.45, 2.75) is 13.5 Å². The summed E-state index contributed by atoms with van der Waals surface area (Å²) in [5.41, 5.74) is 2.11. The molecule has 0 bridgehead atoms. The molecule has 1 heterocycles. The molecule has 0 atom stereocenters. The second-order valence-corrected chi connectivity index (χ2v) is 3.08. The summed E-state index contributed by atoms with van der Waals surface area (Å²) in [7, 11) is 0. The number of hydrogen-bond donors (Lipinski definition) is 2. The smallest absolute Gasteiger partial charge is 0.181 e. The van der Waals surface area contributed by atoms with E-state index < -0.39 is 0 Å². The zero-order chi connectivity index (χ0) is 9.97. The van der Waals surface area contributed by atoms with Crippen molar-refractivity contribution < 1.29 is 5.11 Å². The Labute approximate surface area is 81.6 Å². The molecule has 2 rings (SSSR count). The molecule has 0 unspecified atom stereocenters. The number of nitrogens with one attached hydrogen (secondary N) is 1. The van der Waals surface area contributed by atoms with Crippen LogP contribution >= 0.6 is 0 Å². The lowest BCUT2D eigenvalue weighted by Gasteiger charge is -1.98. The van der Waals surface area contributed by atoms with Crippen molar-refractivity contribution in [2.24, 2.45) is 0 Å². The highest BCUT2D eigenvalue weighted by Crippen LogP contribution is 2.18. The van der Waals surface area contributed by atoms with Gasteiger partial charge in [-0.25, -0.2) is 4.98 Å². The van der Waals surface area contributed by atoms with Crippen molar-refractivity contribution in [1.29, 1.82) is 0 Å². The molecule has 14 heavy (non-hydrogen) atoms. The average molecular weight is 189 g/mol. The Balaban J connectivity index is 2.44. The number of aliphatic hydroxyl groups is 1. The molecule has 0 aliphatic carbocycles. The molecule has 72 valence electrons. The zero-order valence-corrected chi connectivity index (χ0v) is 7.86. The standard InChI is InChI=1S/C10H11N3O/c1-7-4-2-3-5-8(7)10-11-9(6-14)12-13-10/h2-5,14H,6H2,1H3,(H,11,12,13). The Morgan fingerprint density at radius 3 is 2.79 bits per heavy atom. The Morgan fingerprint density at radius 1 is 1.36 bits per heavy atom. The van der Waals surface area contributed by atoms with Gasteiger partial charge in [-0.15, -0.1) is 0 Å². The molecule has 0 radical (unpaired) electrons. The number of aromatic amines is 1. The lowest BCUT2D eigenvalue weighted by molar-refractivity contribution is 0.272. The van der Waals surface area contributed by atoms with E-state index in [0.29, 0.717) is 11.6 Å². The maximum absolute atomic E-state index is 8.83. The zero-order valence-electron chi connectivity index (χ0n) is 7.86. The SMILES string of the molecule is Cc1ccccc1-c1n[nH]c(CO)n1. The largest absolute Gasteiger partial charge is 0.388 e. The molecule has 1 aromatic carbocycles. The van der Waals surface area contributed by atoms with Gasteiger partial charge in [0.15, 0.2) is 11.6 Å². The van der Waals surface area contributed by atoms with Crippen molar-refractivity contribution >= 4 is 0 Å². The lowest BCUT2D eigenvalue weighted by Crippen LogP contribution is -1.86. The summed E-state index contributed by atoms with van der Waals surface area (Å²) >= 11 is 0. The van der Waals surface area contributed by atoms with Crippen molar-refractivity contribution in [1.82, 2.24) is 15.2 Å². The lowest BCUT2D eigenvalue weighted by atomic mass is 10.1. The van der Waals surface area contributed by atoms with Crippen LogP contribution in [0, 0.1) is 6.92 Å². The van der Waals surface area contributed by atoms with Gasteiger partial charge in [0.05, 0.1) is 0 Å². The molecule has 0 fully saturated rings. The van der Waals surface area contributed by atoms with Gasteiger partial charge < -0.3 is 5.11 Å². The first-order valence-corrected chi connectivity index (χ1v) is 4.39. The highest BCUT2D eigenvalue weighted by molar-refractivity contribution is 5.59. The van der Waals surface area contributed by atoms with Crippen LogP contribution in [0.25, 0.3) is 11.4 Å². The van der Waals surface area contributed by atoms with Crippen LogP contribution in [-0.2, 0) is 6.61 Å². The van der Waals surface area contributed by atoms with E-state index in [0.717, 1.165) is 11.1 Å². The number of H-pyrrole nitrogens is 1. The first kappa shape index (κ1) is 8.90. The Morgan fingerprint density at radius 2 is 2.14 bits per heavy atom. The normalized spacial score (nSPS) is 10.4. The van der Waals surface area contributed by atoms with Crippen LogP contribution < -0.4 is 0 Å². The minimum absolute atomic E-state index is 0.112. The summed E-state index contributed by atoms with van der Waals surface area (Å²) < 4.78 is 0. The third kappa shape index (κ3) is 1.52. The van der Waals surface area contributed by atoms with Crippen LogP contribution in [0.2, 0.25) is 0 Å². The number of aliphatic hydroxyl groups excluding tert-OH is 1. The van der Waals surface area contributed by atoms with Gasteiger partial charge in [-0.2, -0.15) is 5.10 Å². The monoisotopic (exact) mass is 189 g/mol. The minimum Gasteiger partial charge on any atom is -0.388 e. The number of benzene rings is 1. The van der Waals surface area contributed by atoms with E-state index in [1.165, 1.54) is 0 Å². The quantitative estimate of drug-likeness (QED) is 0.747. The van der Waals surface area contributed by atoms with E-state index in [1.54, 1.807) is 0 Å². The molecule has 0 saturated carbocycles. The third-order valence-electron chi connectivity index (χ3n) is 2.07. The van der Waals surface area contributed by atoms with E-state index in [4.69, 9.17) is 5.11 Å². The molecule has 0 amide bonds. The Kier molecular flexibility index (Phi) is 2.28. The van der Waals surface area contributed by atoms with Crippen LogP contribution in [0.1, 0.15) is 11.4 Å². The topological polar surface area (TPSA) is 61.8 Å². The first-order valence-electron chi connectivity index (χ1n) is 4.39.